The molecule has 0 fully saturated rings. The lowest BCUT2D eigenvalue weighted by Crippen LogP contribution is -1.94. The average Bonchev–Trinajstić information content (AvgIpc) is 1.97. The van der Waals surface area contributed by atoms with Crippen molar-refractivity contribution in [2.45, 2.75) is 4.90 Å². The van der Waals surface area contributed by atoms with Gasteiger partial charge >= 0.3 is 0 Å². The Balaban J connectivity index is 3.46. The summed E-state index contributed by atoms with van der Waals surface area (Å²) in [5.41, 5.74) is 0. The van der Waals surface area contributed by atoms with Crippen molar-refractivity contribution in [3.8, 4) is 0 Å². The Morgan fingerprint density at radius 3 is 1.64 bits per heavy atom. The fraction of sp³-hybridized carbons (Fsp3) is 0. The number of hydrogen-bond donors (Lipinski definition) is 1. The third-order valence-corrected chi connectivity index (χ3v) is 1.48. The Hall–Kier alpha value is -0.710. The molecule has 0 unspecified atom stereocenters. The molecule has 11 heavy (non-hydrogen) atoms. The highest BCUT2D eigenvalue weighted by Crippen LogP contribution is 2.21. The Morgan fingerprint density at radius 1 is 0.909 bits per heavy atom. The first-order valence-corrected chi connectivity index (χ1v) is 3.00. The van der Waals surface area contributed by atoms with Crippen LogP contribution in [-0.4, -0.2) is 0 Å². The molecule has 0 aliphatic heterocycles. The molecule has 1 aromatic rings. The first-order chi connectivity index (χ1) is 5.04. The van der Waals surface area contributed by atoms with Gasteiger partial charge < -0.3 is 0 Å². The fourth-order valence-electron chi connectivity index (χ4n) is 0.561. The maximum atomic E-state index is 12.3. The van der Waals surface area contributed by atoms with E-state index in [2.05, 4.69) is 12.6 Å². The van der Waals surface area contributed by atoms with E-state index in [-0.39, 0.29) is 6.07 Å². The first kappa shape index (κ1) is 8.39. The van der Waals surface area contributed by atoms with Crippen molar-refractivity contribution in [2.24, 2.45) is 0 Å². The van der Waals surface area contributed by atoms with Crippen molar-refractivity contribution >= 4 is 12.6 Å². The summed E-state index contributed by atoms with van der Waals surface area (Å²) in [4.78, 5) is -0.942. The average molecular weight is 182 g/mol. The van der Waals surface area contributed by atoms with Gasteiger partial charge in [0.05, 0.1) is 4.90 Å². The maximum Gasteiger partial charge on any atom is 0.175 e. The standard InChI is InChI=1S/C6H2F4S/c7-2-1-3(8)5(10)6(11)4(2)9/h1,11H. The van der Waals surface area contributed by atoms with Gasteiger partial charge in [-0.25, -0.2) is 17.6 Å². The van der Waals surface area contributed by atoms with Gasteiger partial charge in [-0.2, -0.15) is 0 Å². The highest BCUT2D eigenvalue weighted by atomic mass is 32.1. The fourth-order valence-corrected chi connectivity index (χ4v) is 0.774. The topological polar surface area (TPSA) is 0 Å². The molecular weight excluding hydrogens is 180 g/mol. The van der Waals surface area contributed by atoms with Crippen molar-refractivity contribution in [2.75, 3.05) is 0 Å². The van der Waals surface area contributed by atoms with Crippen LogP contribution >= 0.6 is 12.6 Å². The molecule has 0 aromatic heterocycles. The van der Waals surface area contributed by atoms with E-state index >= 15 is 0 Å². The van der Waals surface area contributed by atoms with Crippen LogP contribution in [0.3, 0.4) is 0 Å². The van der Waals surface area contributed by atoms with E-state index < -0.39 is 28.2 Å². The van der Waals surface area contributed by atoms with Crippen LogP contribution in [0.5, 0.6) is 0 Å². The third-order valence-electron chi connectivity index (χ3n) is 1.09. The van der Waals surface area contributed by atoms with Gasteiger partial charge in [-0.15, -0.1) is 12.6 Å². The highest BCUT2D eigenvalue weighted by molar-refractivity contribution is 7.80. The van der Waals surface area contributed by atoms with E-state index in [1.54, 1.807) is 0 Å². The van der Waals surface area contributed by atoms with Crippen LogP contribution in [-0.2, 0) is 0 Å². The van der Waals surface area contributed by atoms with Crippen LogP contribution in [0, 0.1) is 23.3 Å². The van der Waals surface area contributed by atoms with E-state index in [9.17, 15) is 17.6 Å². The van der Waals surface area contributed by atoms with Gasteiger partial charge in [0.25, 0.3) is 0 Å². The van der Waals surface area contributed by atoms with Crippen LogP contribution < -0.4 is 0 Å². The SMILES string of the molecule is Fc1cc(F)c(F)c(S)c1F. The van der Waals surface area contributed by atoms with E-state index in [0.29, 0.717) is 0 Å². The molecule has 1 rings (SSSR count). The minimum Gasteiger partial charge on any atom is -0.204 e. The minimum absolute atomic E-state index is 0.129. The molecule has 5 heteroatoms. The lowest BCUT2D eigenvalue weighted by molar-refractivity contribution is 0.426. The summed E-state index contributed by atoms with van der Waals surface area (Å²) in [7, 11) is 0. The van der Waals surface area contributed by atoms with Crippen molar-refractivity contribution in [3.05, 3.63) is 29.3 Å². The first-order valence-electron chi connectivity index (χ1n) is 2.56. The predicted octanol–water partition coefficient (Wildman–Crippen LogP) is 2.53. The molecule has 0 nitrogen and oxygen atoms in total. The number of rotatable bonds is 0. The zero-order valence-corrected chi connectivity index (χ0v) is 5.93. The van der Waals surface area contributed by atoms with Crippen molar-refractivity contribution in [1.82, 2.24) is 0 Å². The lowest BCUT2D eigenvalue weighted by atomic mass is 10.3. The maximum absolute atomic E-state index is 12.3. The summed E-state index contributed by atoms with van der Waals surface area (Å²) in [5, 5.41) is 0. The summed E-state index contributed by atoms with van der Waals surface area (Å²) >= 11 is 3.22. The van der Waals surface area contributed by atoms with Crippen LogP contribution in [0.2, 0.25) is 0 Å². The summed E-state index contributed by atoms with van der Waals surface area (Å²) in [6, 6.07) is 0.129. The molecule has 0 atom stereocenters. The van der Waals surface area contributed by atoms with Gasteiger partial charge in [0.15, 0.2) is 23.3 Å². The Kier molecular flexibility index (Phi) is 2.08. The molecule has 0 aliphatic rings. The molecule has 0 aliphatic carbocycles. The molecule has 1 aromatic carbocycles. The van der Waals surface area contributed by atoms with Crippen molar-refractivity contribution in [3.63, 3.8) is 0 Å². The van der Waals surface area contributed by atoms with Gasteiger partial charge in [-0.1, -0.05) is 0 Å². The smallest absolute Gasteiger partial charge is 0.175 e. The Labute approximate surface area is 65.2 Å². The van der Waals surface area contributed by atoms with Gasteiger partial charge in [0.1, 0.15) is 0 Å². The van der Waals surface area contributed by atoms with Gasteiger partial charge in [-0.3, -0.25) is 0 Å². The van der Waals surface area contributed by atoms with Crippen LogP contribution in [0.1, 0.15) is 0 Å². The monoisotopic (exact) mass is 182 g/mol. The van der Waals surface area contributed by atoms with Gasteiger partial charge in [-0.05, 0) is 0 Å². The number of thiol groups is 1. The second-order valence-electron chi connectivity index (χ2n) is 1.82. The van der Waals surface area contributed by atoms with Gasteiger partial charge in [0.2, 0.25) is 0 Å². The largest absolute Gasteiger partial charge is 0.204 e. The van der Waals surface area contributed by atoms with Crippen molar-refractivity contribution < 1.29 is 17.6 Å². The molecule has 0 N–H and O–H groups in total. The molecular formula is C6H2F4S. The summed E-state index contributed by atoms with van der Waals surface area (Å²) in [6.45, 7) is 0. The number of halogens is 4. The molecule has 60 valence electrons. The molecule has 0 radical (unpaired) electrons. The van der Waals surface area contributed by atoms with Crippen LogP contribution in [0.25, 0.3) is 0 Å². The van der Waals surface area contributed by atoms with Gasteiger partial charge in [0, 0.05) is 6.07 Å². The Bertz CT molecular complexity index is 271. The quantitative estimate of drug-likeness (QED) is 0.356. The lowest BCUT2D eigenvalue weighted by Gasteiger charge is -1.98. The van der Waals surface area contributed by atoms with E-state index in [1.807, 2.05) is 0 Å². The predicted molar refractivity (Wildman–Crippen MR) is 33.5 cm³/mol. The number of hydrogen-bond acceptors (Lipinski definition) is 1. The Morgan fingerprint density at radius 2 is 1.27 bits per heavy atom. The number of benzene rings is 1. The molecule has 0 bridgehead atoms. The van der Waals surface area contributed by atoms with Crippen molar-refractivity contribution in [1.29, 1.82) is 0 Å². The molecule has 0 amide bonds. The van der Waals surface area contributed by atoms with E-state index in [4.69, 9.17) is 0 Å². The molecule has 0 saturated heterocycles. The summed E-state index contributed by atoms with van der Waals surface area (Å²) < 4.78 is 49.0. The second-order valence-corrected chi connectivity index (χ2v) is 2.26. The highest BCUT2D eigenvalue weighted by Gasteiger charge is 2.15. The molecule has 0 heterocycles. The molecule has 0 spiro atoms. The summed E-state index contributed by atoms with van der Waals surface area (Å²) in [5.74, 6) is -5.86. The second kappa shape index (κ2) is 2.73. The normalized spacial score (nSPS) is 10.3. The van der Waals surface area contributed by atoms with Crippen LogP contribution in [0.15, 0.2) is 11.0 Å². The zero-order chi connectivity index (χ0) is 8.59. The van der Waals surface area contributed by atoms with Crippen LogP contribution in [0.4, 0.5) is 17.6 Å². The van der Waals surface area contributed by atoms with E-state index in [0.717, 1.165) is 0 Å². The minimum atomic E-state index is -1.48. The third kappa shape index (κ3) is 1.33. The van der Waals surface area contributed by atoms with E-state index in [1.165, 1.54) is 0 Å². The zero-order valence-electron chi connectivity index (χ0n) is 5.04. The molecule has 0 saturated carbocycles. The summed E-state index contributed by atoms with van der Waals surface area (Å²) in [6.07, 6.45) is 0.